The van der Waals surface area contributed by atoms with Crippen molar-refractivity contribution in [3.05, 3.63) is 51.9 Å². The molecule has 0 bridgehead atoms. The van der Waals surface area contributed by atoms with Crippen molar-refractivity contribution in [3.63, 3.8) is 0 Å². The molecule has 8 heteroatoms. The van der Waals surface area contributed by atoms with Gasteiger partial charge in [0.25, 0.3) is 0 Å². The van der Waals surface area contributed by atoms with Crippen molar-refractivity contribution in [2.75, 3.05) is 0 Å². The molecule has 0 saturated carbocycles. The van der Waals surface area contributed by atoms with Crippen molar-refractivity contribution in [2.45, 2.75) is 19.2 Å². The number of nitrogens with one attached hydrogen (secondary N) is 1. The van der Waals surface area contributed by atoms with Gasteiger partial charge in [0.1, 0.15) is 5.75 Å². The molecule has 0 aliphatic heterocycles. The lowest BCUT2D eigenvalue weighted by molar-refractivity contribution is -0.274. The smallest absolute Gasteiger partial charge is 0.503 e. The Morgan fingerprint density at radius 3 is 2.67 bits per heavy atom. The monoisotopic (exact) mass is 300 g/mol. The molecule has 0 fully saturated rings. The van der Waals surface area contributed by atoms with Gasteiger partial charge in [0.2, 0.25) is 0 Å². The number of nitrogens with zero attached hydrogens (tertiary/aromatic N) is 1. The summed E-state index contributed by atoms with van der Waals surface area (Å²) in [7, 11) is 0. The lowest BCUT2D eigenvalue weighted by atomic mass is 10.1. The van der Waals surface area contributed by atoms with Gasteiger partial charge in [-0.05, 0) is 30.5 Å². The number of aryl methyl sites for hydroxylation is 2. The van der Waals surface area contributed by atoms with Crippen LogP contribution in [0.3, 0.4) is 0 Å². The van der Waals surface area contributed by atoms with E-state index < -0.39 is 17.7 Å². The molecule has 0 unspecified atom stereocenters. The van der Waals surface area contributed by atoms with Crippen molar-refractivity contribution < 1.29 is 23.0 Å². The molecule has 2 N–H and O–H groups in total. The number of hydrogen-bond donors (Lipinski definition) is 2. The summed E-state index contributed by atoms with van der Waals surface area (Å²) < 4.78 is 40.2. The van der Waals surface area contributed by atoms with Crippen LogP contribution in [0.15, 0.2) is 35.1 Å². The molecule has 0 saturated heterocycles. The topological polar surface area (TPSA) is 75.2 Å². The van der Waals surface area contributed by atoms with E-state index in [1.807, 2.05) is 0 Å². The number of benzene rings is 1. The van der Waals surface area contributed by atoms with Crippen molar-refractivity contribution in [1.82, 2.24) is 10.2 Å². The summed E-state index contributed by atoms with van der Waals surface area (Å²) in [5.41, 5.74) is 0.345. The van der Waals surface area contributed by atoms with Crippen molar-refractivity contribution in [3.8, 4) is 11.5 Å². The first-order chi connectivity index (χ1) is 9.83. The normalized spacial score (nSPS) is 11.4. The molecule has 0 atom stereocenters. The Balaban J connectivity index is 2.04. The first-order valence-corrected chi connectivity index (χ1v) is 5.96. The molecule has 21 heavy (non-hydrogen) atoms. The zero-order chi connectivity index (χ0) is 15.5. The Hall–Kier alpha value is -2.51. The van der Waals surface area contributed by atoms with Crippen LogP contribution >= 0.6 is 0 Å². The minimum Gasteiger partial charge on any atom is -0.503 e. The zero-order valence-corrected chi connectivity index (χ0v) is 10.6. The van der Waals surface area contributed by atoms with Crippen molar-refractivity contribution in [2.24, 2.45) is 0 Å². The highest BCUT2D eigenvalue weighted by molar-refractivity contribution is 5.29. The average Bonchev–Trinajstić information content (AvgIpc) is 2.39. The fraction of sp³-hybridized carbons (Fsp3) is 0.231. The van der Waals surface area contributed by atoms with Gasteiger partial charge in [-0.3, -0.25) is 4.79 Å². The van der Waals surface area contributed by atoms with E-state index in [0.717, 1.165) is 0 Å². The average molecular weight is 300 g/mol. The largest absolute Gasteiger partial charge is 0.573 e. The Labute approximate surface area is 117 Å². The lowest BCUT2D eigenvalue weighted by Crippen LogP contribution is -2.17. The number of H-pyrrole nitrogens is 1. The highest BCUT2D eigenvalue weighted by Gasteiger charge is 2.31. The van der Waals surface area contributed by atoms with Gasteiger partial charge < -0.3 is 9.84 Å². The van der Waals surface area contributed by atoms with Crippen LogP contribution < -0.4 is 10.3 Å². The number of aromatic amines is 1. The van der Waals surface area contributed by atoms with Crippen LogP contribution in [0.1, 0.15) is 11.3 Å². The second-order valence-electron chi connectivity index (χ2n) is 4.27. The Bertz CT molecular complexity index is 683. The van der Waals surface area contributed by atoms with Crippen LogP contribution in [0.5, 0.6) is 11.5 Å². The highest BCUT2D eigenvalue weighted by Crippen LogP contribution is 2.23. The summed E-state index contributed by atoms with van der Waals surface area (Å²) in [6.07, 6.45) is -4.00. The van der Waals surface area contributed by atoms with Gasteiger partial charge >= 0.3 is 11.9 Å². The number of hydrogen-bond acceptors (Lipinski definition) is 4. The summed E-state index contributed by atoms with van der Waals surface area (Å²) >= 11 is 0. The molecule has 1 aromatic carbocycles. The maximum Gasteiger partial charge on any atom is 0.573 e. The minimum atomic E-state index is -4.73. The third-order valence-electron chi connectivity index (χ3n) is 2.64. The second-order valence-corrected chi connectivity index (χ2v) is 4.27. The number of rotatable bonds is 4. The fourth-order valence-corrected chi connectivity index (χ4v) is 1.73. The Kier molecular flexibility index (Phi) is 4.15. The molecule has 0 aliphatic carbocycles. The van der Waals surface area contributed by atoms with Crippen LogP contribution in [0, 0.1) is 0 Å². The molecule has 0 amide bonds. The Morgan fingerprint density at radius 2 is 2.00 bits per heavy atom. The van der Waals surface area contributed by atoms with E-state index in [9.17, 15) is 23.1 Å². The number of ether oxygens (including phenoxy) is 1. The van der Waals surface area contributed by atoms with E-state index in [0.29, 0.717) is 24.1 Å². The van der Waals surface area contributed by atoms with Gasteiger partial charge in [-0.1, -0.05) is 12.1 Å². The molecule has 5 nitrogen and oxygen atoms in total. The maximum absolute atomic E-state index is 12.1. The molecular weight excluding hydrogens is 289 g/mol. The highest BCUT2D eigenvalue weighted by atomic mass is 19.4. The van der Waals surface area contributed by atoms with Crippen molar-refractivity contribution >= 4 is 0 Å². The van der Waals surface area contributed by atoms with Gasteiger partial charge in [-0.2, -0.15) is 5.10 Å². The van der Waals surface area contributed by atoms with Gasteiger partial charge in [0.05, 0.1) is 5.69 Å². The van der Waals surface area contributed by atoms with Crippen LogP contribution in [0.4, 0.5) is 13.2 Å². The minimum absolute atomic E-state index is 0.294. The van der Waals surface area contributed by atoms with Gasteiger partial charge in [-0.15, -0.1) is 13.2 Å². The fourth-order valence-electron chi connectivity index (χ4n) is 1.73. The number of aromatic nitrogens is 2. The number of alkyl halides is 3. The van der Waals surface area contributed by atoms with Crippen LogP contribution in [0.25, 0.3) is 0 Å². The third-order valence-corrected chi connectivity index (χ3v) is 2.64. The van der Waals surface area contributed by atoms with E-state index in [4.69, 9.17) is 0 Å². The molecule has 2 aromatic rings. The lowest BCUT2D eigenvalue weighted by Gasteiger charge is -2.10. The second kappa shape index (κ2) is 5.86. The molecule has 2 rings (SSSR count). The summed E-state index contributed by atoms with van der Waals surface area (Å²) in [5, 5.41) is 15.1. The van der Waals surface area contributed by atoms with Crippen LogP contribution in [-0.2, 0) is 12.8 Å². The van der Waals surface area contributed by atoms with Crippen molar-refractivity contribution in [1.29, 1.82) is 0 Å². The van der Waals surface area contributed by atoms with E-state index in [1.165, 1.54) is 24.3 Å². The number of aromatic hydroxyl groups is 1. The van der Waals surface area contributed by atoms with Gasteiger partial charge in [0.15, 0.2) is 5.75 Å². The summed E-state index contributed by atoms with van der Waals surface area (Å²) in [5.74, 6) is -0.744. The molecule has 0 aliphatic rings. The van der Waals surface area contributed by atoms with E-state index >= 15 is 0 Å². The maximum atomic E-state index is 12.1. The molecule has 0 radical (unpaired) electrons. The zero-order valence-electron chi connectivity index (χ0n) is 10.6. The predicted octanol–water partition coefficient (Wildman–Crippen LogP) is 2.16. The molecule has 1 heterocycles. The van der Waals surface area contributed by atoms with Gasteiger partial charge in [0, 0.05) is 6.07 Å². The third kappa shape index (κ3) is 4.51. The van der Waals surface area contributed by atoms with Crippen LogP contribution in [0.2, 0.25) is 0 Å². The SMILES string of the molecule is O=c1[nH]nc(CCc2cccc(OC(F)(F)F)c2)cc1O. The molecule has 112 valence electrons. The van der Waals surface area contributed by atoms with E-state index in [2.05, 4.69) is 14.9 Å². The standard InChI is InChI=1S/C13H11F3N2O3/c14-13(15,16)21-10-3-1-2-8(6-10)4-5-9-7-11(19)12(20)18-17-9/h1-3,6-7H,4-5H2,(H,17,19)(H,18,20). The summed E-state index contributed by atoms with van der Waals surface area (Å²) in [6.45, 7) is 0. The van der Waals surface area contributed by atoms with E-state index in [1.54, 1.807) is 6.07 Å². The predicted molar refractivity (Wildman–Crippen MR) is 67.1 cm³/mol. The summed E-state index contributed by atoms with van der Waals surface area (Å²) in [4.78, 5) is 10.9. The first-order valence-electron chi connectivity index (χ1n) is 5.96. The van der Waals surface area contributed by atoms with E-state index in [-0.39, 0.29) is 5.75 Å². The Morgan fingerprint density at radius 1 is 1.24 bits per heavy atom. The first kappa shape index (κ1) is 14.9. The summed E-state index contributed by atoms with van der Waals surface area (Å²) in [6, 6.07) is 6.80. The molecule has 1 aromatic heterocycles. The van der Waals surface area contributed by atoms with Crippen LogP contribution in [-0.4, -0.2) is 21.7 Å². The number of halogens is 3. The van der Waals surface area contributed by atoms with Gasteiger partial charge in [-0.25, -0.2) is 5.10 Å². The quantitative estimate of drug-likeness (QED) is 0.907. The molecular formula is C13H11F3N2O3. The molecule has 0 spiro atoms.